The average Bonchev–Trinajstić information content (AvgIpc) is 3.62. The van der Waals surface area contributed by atoms with Crippen molar-refractivity contribution in [1.29, 1.82) is 0 Å². The zero-order chi connectivity index (χ0) is 22.3. The number of carbonyl (C=O) groups is 3. The summed E-state index contributed by atoms with van der Waals surface area (Å²) in [4.78, 5) is 41.2. The second-order valence-corrected chi connectivity index (χ2v) is 9.70. The molecule has 5 aliphatic rings. The summed E-state index contributed by atoms with van der Waals surface area (Å²) in [5.41, 5.74) is 1.63. The van der Waals surface area contributed by atoms with Crippen molar-refractivity contribution >= 4 is 39.9 Å². The first-order chi connectivity index (χ1) is 16.1. The van der Waals surface area contributed by atoms with E-state index in [1.807, 2.05) is 42.5 Å². The average molecular weight is 434 g/mol. The minimum absolute atomic E-state index is 0.110. The zero-order valence-corrected chi connectivity index (χ0v) is 17.8. The van der Waals surface area contributed by atoms with Gasteiger partial charge in [-0.25, -0.2) is 4.90 Å². The van der Waals surface area contributed by atoms with Gasteiger partial charge >= 0.3 is 0 Å². The van der Waals surface area contributed by atoms with E-state index in [9.17, 15) is 14.4 Å². The van der Waals surface area contributed by atoms with Crippen molar-refractivity contribution in [2.45, 2.75) is 6.42 Å². The van der Waals surface area contributed by atoms with Gasteiger partial charge in [0.2, 0.25) is 11.8 Å². The van der Waals surface area contributed by atoms with Crippen LogP contribution in [0, 0.1) is 35.5 Å². The van der Waals surface area contributed by atoms with E-state index in [0.29, 0.717) is 23.1 Å². The molecule has 1 saturated heterocycles. The van der Waals surface area contributed by atoms with Crippen LogP contribution in [0.2, 0.25) is 0 Å². The highest BCUT2D eigenvalue weighted by molar-refractivity contribution is 6.23. The summed E-state index contributed by atoms with van der Waals surface area (Å²) in [6.45, 7) is 0. The summed E-state index contributed by atoms with van der Waals surface area (Å²) in [7, 11) is 0. The number of nitrogens with one attached hydrogen (secondary N) is 1. The van der Waals surface area contributed by atoms with Crippen molar-refractivity contribution in [3.63, 3.8) is 0 Å². The summed E-state index contributed by atoms with van der Waals surface area (Å²) >= 11 is 0. The molecule has 3 amide bonds. The van der Waals surface area contributed by atoms with Gasteiger partial charge in [0.1, 0.15) is 0 Å². The fourth-order valence-electron chi connectivity index (χ4n) is 6.53. The SMILES string of the molecule is O=C(Nc1cccc2ccccc12)c1cccc(N2C(=O)C3C4C=CC(C5CC45)C3C2=O)c1. The summed E-state index contributed by atoms with van der Waals surface area (Å²) in [5, 5.41) is 4.99. The molecule has 5 nitrogen and oxygen atoms in total. The van der Waals surface area contributed by atoms with Crippen molar-refractivity contribution in [3.8, 4) is 0 Å². The van der Waals surface area contributed by atoms with E-state index < -0.39 is 0 Å². The first kappa shape index (κ1) is 18.8. The van der Waals surface area contributed by atoms with Gasteiger partial charge in [0.05, 0.1) is 17.5 Å². The maximum absolute atomic E-state index is 13.4. The second kappa shape index (κ2) is 6.64. The molecule has 33 heavy (non-hydrogen) atoms. The van der Waals surface area contributed by atoms with Gasteiger partial charge in [0, 0.05) is 16.6 Å². The smallest absolute Gasteiger partial charge is 0.255 e. The van der Waals surface area contributed by atoms with Crippen LogP contribution in [0.5, 0.6) is 0 Å². The molecule has 4 aliphatic carbocycles. The highest BCUT2D eigenvalue weighted by atomic mass is 16.2. The van der Waals surface area contributed by atoms with E-state index in [4.69, 9.17) is 0 Å². The van der Waals surface area contributed by atoms with Crippen LogP contribution in [0.4, 0.5) is 11.4 Å². The molecule has 2 saturated carbocycles. The molecule has 1 N–H and O–H groups in total. The Morgan fingerprint density at radius 1 is 0.818 bits per heavy atom. The first-order valence-electron chi connectivity index (χ1n) is 11.6. The molecule has 162 valence electrons. The zero-order valence-electron chi connectivity index (χ0n) is 17.8. The molecule has 1 aliphatic heterocycles. The Morgan fingerprint density at radius 2 is 1.48 bits per heavy atom. The number of carbonyl (C=O) groups excluding carboxylic acids is 3. The topological polar surface area (TPSA) is 66.5 Å². The van der Waals surface area contributed by atoms with E-state index in [0.717, 1.165) is 22.9 Å². The monoisotopic (exact) mass is 434 g/mol. The number of anilines is 2. The van der Waals surface area contributed by atoms with E-state index in [1.165, 1.54) is 4.90 Å². The van der Waals surface area contributed by atoms with Crippen LogP contribution in [-0.2, 0) is 9.59 Å². The minimum atomic E-state index is -0.271. The lowest BCUT2D eigenvalue weighted by Crippen LogP contribution is -2.40. The molecule has 0 aromatic heterocycles. The van der Waals surface area contributed by atoms with Gasteiger partial charge in [0.15, 0.2) is 0 Å². The lowest BCUT2D eigenvalue weighted by molar-refractivity contribution is -0.124. The molecular weight excluding hydrogens is 412 g/mol. The number of imide groups is 1. The highest BCUT2D eigenvalue weighted by Crippen LogP contribution is 2.65. The third kappa shape index (κ3) is 2.62. The molecule has 8 rings (SSSR count). The molecule has 3 fully saturated rings. The van der Waals surface area contributed by atoms with Crippen LogP contribution in [0.25, 0.3) is 10.8 Å². The lowest BCUT2D eigenvalue weighted by atomic mass is 9.63. The first-order valence-corrected chi connectivity index (χ1v) is 11.6. The van der Waals surface area contributed by atoms with Gasteiger partial charge in [-0.2, -0.15) is 0 Å². The number of nitrogens with zero attached hydrogens (tertiary/aromatic N) is 1. The normalized spacial score (nSPS) is 31.0. The minimum Gasteiger partial charge on any atom is -0.321 e. The van der Waals surface area contributed by atoms with E-state index in [-0.39, 0.29) is 41.4 Å². The van der Waals surface area contributed by atoms with Crippen LogP contribution < -0.4 is 10.2 Å². The maximum Gasteiger partial charge on any atom is 0.255 e. The summed E-state index contributed by atoms with van der Waals surface area (Å²) in [6, 6.07) is 20.5. The molecule has 0 radical (unpaired) electrons. The van der Waals surface area contributed by atoms with Crippen molar-refractivity contribution in [1.82, 2.24) is 0 Å². The number of hydrogen-bond acceptors (Lipinski definition) is 3. The number of amides is 3. The molecule has 0 spiro atoms. The molecular formula is C28H22N2O3. The van der Waals surface area contributed by atoms with Gasteiger partial charge in [-0.05, 0) is 59.7 Å². The molecule has 5 heteroatoms. The molecule has 3 aromatic carbocycles. The quantitative estimate of drug-likeness (QED) is 0.482. The molecule has 6 atom stereocenters. The number of fused-ring (bicyclic) bond motifs is 1. The Hall–Kier alpha value is -3.73. The van der Waals surface area contributed by atoms with E-state index >= 15 is 0 Å². The molecule has 6 unspecified atom stereocenters. The van der Waals surface area contributed by atoms with Gasteiger partial charge in [-0.15, -0.1) is 0 Å². The van der Waals surface area contributed by atoms with Crippen molar-refractivity contribution in [3.05, 3.63) is 84.4 Å². The number of hydrogen-bond donors (Lipinski definition) is 1. The maximum atomic E-state index is 13.4. The summed E-state index contributed by atoms with van der Waals surface area (Å²) in [5.74, 6) is 0.518. The summed E-state index contributed by atoms with van der Waals surface area (Å²) < 4.78 is 0. The Labute approximate surface area is 191 Å². The van der Waals surface area contributed by atoms with Gasteiger partial charge < -0.3 is 5.32 Å². The largest absolute Gasteiger partial charge is 0.321 e. The Bertz CT molecular complexity index is 1350. The standard InChI is InChI=1S/C28H22N2O3/c31-26(29-23-10-4-6-15-5-1-2-9-18(15)23)16-7-3-8-17(13-16)30-27(32)24-19-11-12-20(22-14-21(19)22)25(24)28(30)33/h1-13,19-22,24-25H,14H2,(H,29,31). The van der Waals surface area contributed by atoms with Crippen LogP contribution in [0.15, 0.2) is 78.9 Å². The Morgan fingerprint density at radius 3 is 2.24 bits per heavy atom. The lowest BCUT2D eigenvalue weighted by Gasteiger charge is -2.37. The van der Waals surface area contributed by atoms with E-state index in [1.54, 1.807) is 24.3 Å². The number of rotatable bonds is 3. The van der Waals surface area contributed by atoms with Gasteiger partial charge in [0.25, 0.3) is 5.91 Å². The Balaban J connectivity index is 1.19. The van der Waals surface area contributed by atoms with Gasteiger partial charge in [-0.3, -0.25) is 14.4 Å². The fourth-order valence-corrected chi connectivity index (χ4v) is 6.53. The molecule has 1 heterocycles. The van der Waals surface area contributed by atoms with Crippen molar-refractivity contribution < 1.29 is 14.4 Å². The Kier molecular flexibility index (Phi) is 3.78. The third-order valence-electron chi connectivity index (χ3n) is 8.07. The van der Waals surface area contributed by atoms with E-state index in [2.05, 4.69) is 17.5 Å². The van der Waals surface area contributed by atoms with Crippen molar-refractivity contribution in [2.75, 3.05) is 10.2 Å². The van der Waals surface area contributed by atoms with Crippen LogP contribution >= 0.6 is 0 Å². The van der Waals surface area contributed by atoms with Crippen molar-refractivity contribution in [2.24, 2.45) is 35.5 Å². The fraction of sp³-hybridized carbons (Fsp3) is 0.250. The van der Waals surface area contributed by atoms with Gasteiger partial charge in [-0.1, -0.05) is 54.6 Å². The highest BCUT2D eigenvalue weighted by Gasteiger charge is 2.67. The second-order valence-electron chi connectivity index (χ2n) is 9.70. The number of allylic oxidation sites excluding steroid dienone is 2. The number of benzene rings is 3. The molecule has 2 bridgehead atoms. The predicted molar refractivity (Wildman–Crippen MR) is 126 cm³/mol. The summed E-state index contributed by atoms with van der Waals surface area (Å²) in [6.07, 6.45) is 5.48. The van der Waals surface area contributed by atoms with Crippen LogP contribution in [0.1, 0.15) is 16.8 Å². The molecule has 3 aromatic rings. The third-order valence-corrected chi connectivity index (χ3v) is 8.07. The predicted octanol–water partition coefficient (Wildman–Crippen LogP) is 4.65. The van der Waals surface area contributed by atoms with Crippen LogP contribution in [0.3, 0.4) is 0 Å². The van der Waals surface area contributed by atoms with Crippen LogP contribution in [-0.4, -0.2) is 17.7 Å².